The summed E-state index contributed by atoms with van der Waals surface area (Å²) in [5, 5.41) is 2.91. The molecule has 2 aliphatic heterocycles. The van der Waals surface area contributed by atoms with Gasteiger partial charge < -0.3 is 5.32 Å². The predicted octanol–water partition coefficient (Wildman–Crippen LogP) is 2.30. The van der Waals surface area contributed by atoms with Crippen molar-refractivity contribution in [3.05, 3.63) is 29.8 Å². The summed E-state index contributed by atoms with van der Waals surface area (Å²) >= 11 is 0. The number of fused-ring (bicyclic) bond motifs is 1. The van der Waals surface area contributed by atoms with E-state index >= 15 is 0 Å². The van der Waals surface area contributed by atoms with E-state index in [1.807, 2.05) is 20.8 Å². The highest BCUT2D eigenvalue weighted by Gasteiger charge is 2.40. The van der Waals surface area contributed by atoms with Crippen LogP contribution in [0.1, 0.15) is 45.1 Å². The highest BCUT2D eigenvalue weighted by molar-refractivity contribution is 7.91. The third kappa shape index (κ3) is 3.42. The summed E-state index contributed by atoms with van der Waals surface area (Å²) in [4.78, 5) is 26.5. The summed E-state index contributed by atoms with van der Waals surface area (Å²) in [5.74, 6) is -0.307. The molecule has 1 N–H and O–H groups in total. The smallest absolute Gasteiger partial charge is 0.324 e. The number of carbonyl (C=O) groups excluding carboxylic acids is 2. The van der Waals surface area contributed by atoms with Crippen molar-refractivity contribution >= 4 is 21.8 Å². The zero-order chi connectivity index (χ0) is 18.4. The molecule has 0 aliphatic carbocycles. The van der Waals surface area contributed by atoms with E-state index in [2.05, 4.69) is 5.32 Å². The summed E-state index contributed by atoms with van der Waals surface area (Å²) in [7, 11) is -3.27. The van der Waals surface area contributed by atoms with Gasteiger partial charge in [0.1, 0.15) is 0 Å². The van der Waals surface area contributed by atoms with Crippen LogP contribution < -0.4 is 5.32 Å². The van der Waals surface area contributed by atoms with Crippen LogP contribution in [-0.4, -0.2) is 43.6 Å². The van der Waals surface area contributed by atoms with E-state index < -0.39 is 9.84 Å². The van der Waals surface area contributed by atoms with Gasteiger partial charge in [-0.3, -0.25) is 9.69 Å². The van der Waals surface area contributed by atoms with Crippen LogP contribution in [0.15, 0.2) is 29.2 Å². The highest BCUT2D eigenvalue weighted by atomic mass is 32.2. The van der Waals surface area contributed by atoms with E-state index in [1.54, 1.807) is 24.3 Å². The molecule has 1 aromatic rings. The second-order valence-electron chi connectivity index (χ2n) is 7.92. The topological polar surface area (TPSA) is 83.6 Å². The van der Waals surface area contributed by atoms with Crippen molar-refractivity contribution in [3.8, 4) is 0 Å². The largest absolute Gasteiger partial charge is 0.334 e. The van der Waals surface area contributed by atoms with Gasteiger partial charge in [0, 0.05) is 24.9 Å². The fourth-order valence-corrected chi connectivity index (χ4v) is 5.15. The van der Waals surface area contributed by atoms with Gasteiger partial charge in [-0.05, 0) is 23.5 Å². The van der Waals surface area contributed by atoms with E-state index in [0.29, 0.717) is 16.9 Å². The Morgan fingerprint density at radius 1 is 1.20 bits per heavy atom. The van der Waals surface area contributed by atoms with E-state index in [-0.39, 0.29) is 48.0 Å². The van der Waals surface area contributed by atoms with Crippen LogP contribution >= 0.6 is 0 Å². The SMILES string of the molecule is CC(C)(C)[C@@H]1CC(=O)N(CC2CCS(=O)(=O)c3ccccc32)C(=O)N1. The van der Waals surface area contributed by atoms with Crippen molar-refractivity contribution in [1.29, 1.82) is 0 Å². The van der Waals surface area contributed by atoms with E-state index in [4.69, 9.17) is 0 Å². The van der Waals surface area contributed by atoms with Gasteiger partial charge in [-0.1, -0.05) is 39.0 Å². The predicted molar refractivity (Wildman–Crippen MR) is 94.0 cm³/mol. The minimum atomic E-state index is -3.27. The number of imide groups is 1. The Hall–Kier alpha value is -1.89. The number of amides is 3. The van der Waals surface area contributed by atoms with E-state index in [1.165, 1.54) is 4.90 Å². The Bertz CT molecular complexity index is 793. The molecule has 1 saturated heterocycles. The van der Waals surface area contributed by atoms with Crippen molar-refractivity contribution in [2.45, 2.75) is 50.5 Å². The average Bonchev–Trinajstić information content (AvgIpc) is 2.52. The van der Waals surface area contributed by atoms with Gasteiger partial charge in [0.25, 0.3) is 0 Å². The first-order chi connectivity index (χ1) is 11.6. The molecule has 136 valence electrons. The number of nitrogens with one attached hydrogen (secondary N) is 1. The van der Waals surface area contributed by atoms with Crippen molar-refractivity contribution in [2.24, 2.45) is 5.41 Å². The molecule has 6 nitrogen and oxygen atoms in total. The molecule has 1 fully saturated rings. The first-order valence-corrected chi connectivity index (χ1v) is 10.2. The van der Waals surface area contributed by atoms with Crippen molar-refractivity contribution < 1.29 is 18.0 Å². The van der Waals surface area contributed by atoms with Gasteiger partial charge in [0.05, 0.1) is 10.6 Å². The molecule has 7 heteroatoms. The van der Waals surface area contributed by atoms with Crippen LogP contribution in [0.4, 0.5) is 4.79 Å². The molecule has 2 atom stereocenters. The number of urea groups is 1. The van der Waals surface area contributed by atoms with Gasteiger partial charge in [-0.15, -0.1) is 0 Å². The summed E-state index contributed by atoms with van der Waals surface area (Å²) in [5.41, 5.74) is 0.510. The number of hydrogen-bond acceptors (Lipinski definition) is 4. The van der Waals surface area contributed by atoms with Crippen LogP contribution in [0.25, 0.3) is 0 Å². The Balaban J connectivity index is 1.82. The molecule has 3 amide bonds. The fourth-order valence-electron chi connectivity index (χ4n) is 3.46. The molecular weight excluding hydrogens is 340 g/mol. The zero-order valence-electron chi connectivity index (χ0n) is 14.8. The minimum absolute atomic E-state index is 0.0446. The normalized spacial score (nSPS) is 26.1. The van der Waals surface area contributed by atoms with Gasteiger partial charge >= 0.3 is 6.03 Å². The molecule has 0 saturated carbocycles. The quantitative estimate of drug-likeness (QED) is 0.873. The third-order valence-electron chi connectivity index (χ3n) is 5.10. The van der Waals surface area contributed by atoms with Gasteiger partial charge in [0.15, 0.2) is 9.84 Å². The number of hydrogen-bond donors (Lipinski definition) is 1. The van der Waals surface area contributed by atoms with E-state index in [9.17, 15) is 18.0 Å². The molecule has 2 heterocycles. The number of nitrogens with zero attached hydrogens (tertiary/aromatic N) is 1. The summed E-state index contributed by atoms with van der Waals surface area (Å²) < 4.78 is 24.5. The molecular formula is C18H24N2O4S. The Morgan fingerprint density at radius 2 is 1.88 bits per heavy atom. The second kappa shape index (κ2) is 6.12. The van der Waals surface area contributed by atoms with Crippen LogP contribution in [0.2, 0.25) is 0 Å². The molecule has 0 radical (unpaired) electrons. The van der Waals surface area contributed by atoms with Gasteiger partial charge in [-0.2, -0.15) is 0 Å². The second-order valence-corrected chi connectivity index (χ2v) is 10.00. The van der Waals surface area contributed by atoms with Crippen LogP contribution in [0, 0.1) is 5.41 Å². The lowest BCUT2D eigenvalue weighted by molar-refractivity contribution is -0.131. The lowest BCUT2D eigenvalue weighted by Crippen LogP contribution is -2.59. The monoisotopic (exact) mass is 364 g/mol. The summed E-state index contributed by atoms with van der Waals surface area (Å²) in [6, 6.07) is 6.29. The number of sulfone groups is 1. The fraction of sp³-hybridized carbons (Fsp3) is 0.556. The molecule has 0 aromatic heterocycles. The Morgan fingerprint density at radius 3 is 2.52 bits per heavy atom. The number of carbonyl (C=O) groups is 2. The molecule has 2 aliphatic rings. The minimum Gasteiger partial charge on any atom is -0.334 e. The van der Waals surface area contributed by atoms with Crippen LogP contribution in [0.5, 0.6) is 0 Å². The molecule has 3 rings (SSSR count). The summed E-state index contributed by atoms with van der Waals surface area (Å²) in [6.45, 7) is 6.18. The molecule has 1 unspecified atom stereocenters. The molecule has 0 bridgehead atoms. The lowest BCUT2D eigenvalue weighted by atomic mass is 9.83. The molecule has 25 heavy (non-hydrogen) atoms. The van der Waals surface area contributed by atoms with Gasteiger partial charge in [0.2, 0.25) is 5.91 Å². The lowest BCUT2D eigenvalue weighted by Gasteiger charge is -2.39. The Labute approximate surface area is 148 Å². The number of benzene rings is 1. The highest BCUT2D eigenvalue weighted by Crippen LogP contribution is 2.35. The summed E-state index contributed by atoms with van der Waals surface area (Å²) in [6.07, 6.45) is 0.682. The first-order valence-electron chi connectivity index (χ1n) is 8.52. The maximum Gasteiger partial charge on any atom is 0.324 e. The molecule has 1 aromatic carbocycles. The Kier molecular flexibility index (Phi) is 4.39. The average molecular weight is 364 g/mol. The van der Waals surface area contributed by atoms with Crippen molar-refractivity contribution in [1.82, 2.24) is 10.2 Å². The van der Waals surface area contributed by atoms with Crippen molar-refractivity contribution in [2.75, 3.05) is 12.3 Å². The van der Waals surface area contributed by atoms with Crippen LogP contribution in [-0.2, 0) is 14.6 Å². The third-order valence-corrected chi connectivity index (χ3v) is 6.92. The van der Waals surface area contributed by atoms with E-state index in [0.717, 1.165) is 0 Å². The number of rotatable bonds is 2. The van der Waals surface area contributed by atoms with Crippen LogP contribution in [0.3, 0.4) is 0 Å². The first kappa shape index (κ1) is 17.9. The standard InChI is InChI=1S/C18H24N2O4S/c1-18(2,3)15-10-16(21)20(17(22)19-15)11-12-8-9-25(23,24)14-7-5-4-6-13(12)14/h4-7,12,15H,8-11H2,1-3H3,(H,19,22)/t12?,15-/m0/s1. The van der Waals surface area contributed by atoms with Crippen molar-refractivity contribution in [3.63, 3.8) is 0 Å². The maximum absolute atomic E-state index is 12.5. The molecule has 0 spiro atoms. The van der Waals surface area contributed by atoms with Gasteiger partial charge in [-0.25, -0.2) is 13.2 Å². The zero-order valence-corrected chi connectivity index (χ0v) is 15.6. The maximum atomic E-state index is 12.5.